The Labute approximate surface area is 164 Å². The molecule has 0 bridgehead atoms. The summed E-state index contributed by atoms with van der Waals surface area (Å²) >= 11 is 0. The van der Waals surface area contributed by atoms with E-state index in [2.05, 4.69) is 15.6 Å². The molecule has 28 heavy (non-hydrogen) atoms. The topological polar surface area (TPSA) is 71.1 Å². The summed E-state index contributed by atoms with van der Waals surface area (Å²) in [6.45, 7) is 1.02. The lowest BCUT2D eigenvalue weighted by atomic mass is 9.81. The van der Waals surface area contributed by atoms with Gasteiger partial charge in [0.1, 0.15) is 5.82 Å². The predicted molar refractivity (Wildman–Crippen MR) is 105 cm³/mol. The van der Waals surface area contributed by atoms with Crippen LogP contribution in [0.2, 0.25) is 0 Å². The van der Waals surface area contributed by atoms with E-state index in [4.69, 9.17) is 0 Å². The molecule has 1 aliphatic rings. The van der Waals surface area contributed by atoms with E-state index in [-0.39, 0.29) is 29.5 Å². The van der Waals surface area contributed by atoms with Crippen molar-refractivity contribution < 1.29 is 14.0 Å². The van der Waals surface area contributed by atoms with Crippen LogP contribution in [0, 0.1) is 17.7 Å². The molecule has 0 aliphatic heterocycles. The average molecular weight is 383 g/mol. The molecular weight excluding hydrogens is 357 g/mol. The molecule has 1 heterocycles. The predicted octanol–water partition coefficient (Wildman–Crippen LogP) is 3.00. The Hall–Kier alpha value is -2.76. The quantitative estimate of drug-likeness (QED) is 0.772. The van der Waals surface area contributed by atoms with E-state index in [0.29, 0.717) is 19.5 Å². The first-order valence-electron chi connectivity index (χ1n) is 9.80. The molecule has 0 saturated heterocycles. The number of pyridine rings is 1. The summed E-state index contributed by atoms with van der Waals surface area (Å²) in [5.41, 5.74) is 1.97. The van der Waals surface area contributed by atoms with Gasteiger partial charge in [-0.2, -0.15) is 0 Å². The van der Waals surface area contributed by atoms with Crippen LogP contribution >= 0.6 is 0 Å². The van der Waals surface area contributed by atoms with Gasteiger partial charge in [0.25, 0.3) is 0 Å². The smallest absolute Gasteiger partial charge is 0.223 e. The van der Waals surface area contributed by atoms with Crippen molar-refractivity contribution in [3.05, 3.63) is 65.7 Å². The largest absolute Gasteiger partial charge is 0.356 e. The fourth-order valence-electron chi connectivity index (χ4n) is 3.58. The van der Waals surface area contributed by atoms with Gasteiger partial charge in [-0.15, -0.1) is 0 Å². The molecule has 1 aromatic carbocycles. The first-order chi connectivity index (χ1) is 13.6. The minimum absolute atomic E-state index is 0.0278. The number of carbonyl (C=O) groups excluding carboxylic acids is 2. The zero-order valence-electron chi connectivity index (χ0n) is 15.9. The van der Waals surface area contributed by atoms with Crippen molar-refractivity contribution in [3.8, 4) is 0 Å². The number of benzene rings is 1. The normalized spacial score (nSPS) is 19.0. The highest BCUT2D eigenvalue weighted by Crippen LogP contribution is 2.29. The van der Waals surface area contributed by atoms with Gasteiger partial charge in [-0.25, -0.2) is 4.39 Å². The molecule has 6 heteroatoms. The molecule has 3 rings (SSSR count). The van der Waals surface area contributed by atoms with E-state index in [0.717, 1.165) is 36.8 Å². The molecule has 1 aromatic heterocycles. The summed E-state index contributed by atoms with van der Waals surface area (Å²) in [6, 6.07) is 10.1. The van der Waals surface area contributed by atoms with Crippen molar-refractivity contribution in [1.82, 2.24) is 15.6 Å². The number of nitrogens with zero attached hydrogens (tertiary/aromatic N) is 1. The van der Waals surface area contributed by atoms with Crippen LogP contribution in [0.5, 0.6) is 0 Å². The standard InChI is InChI=1S/C22H26FN3O2/c23-20-9-3-16(4-10-20)11-13-25-21(27)18-5-7-19(8-6-18)22(28)26-15-17-2-1-12-24-14-17/h1-4,9-10,12,14,18-19H,5-8,11,13,15H2,(H,25,27)(H,26,28). The van der Waals surface area contributed by atoms with Gasteiger partial charge in [-0.05, 0) is 61.4 Å². The third-order valence-electron chi connectivity index (χ3n) is 5.28. The summed E-state index contributed by atoms with van der Waals surface area (Å²) in [5.74, 6) is -0.208. The maximum atomic E-state index is 12.9. The van der Waals surface area contributed by atoms with Crippen LogP contribution < -0.4 is 10.6 Å². The highest BCUT2D eigenvalue weighted by atomic mass is 19.1. The van der Waals surface area contributed by atoms with E-state index in [1.807, 2.05) is 12.1 Å². The van der Waals surface area contributed by atoms with Crippen molar-refractivity contribution in [3.63, 3.8) is 0 Å². The Morgan fingerprint density at radius 2 is 1.57 bits per heavy atom. The molecule has 2 amide bonds. The minimum atomic E-state index is -0.256. The van der Waals surface area contributed by atoms with Crippen molar-refractivity contribution in [2.24, 2.45) is 11.8 Å². The average Bonchev–Trinajstić information content (AvgIpc) is 2.74. The summed E-state index contributed by atoms with van der Waals surface area (Å²) in [7, 11) is 0. The van der Waals surface area contributed by atoms with Crippen LogP contribution in [0.3, 0.4) is 0 Å². The van der Waals surface area contributed by atoms with Crippen molar-refractivity contribution in [2.75, 3.05) is 6.54 Å². The lowest BCUT2D eigenvalue weighted by Gasteiger charge is -2.27. The van der Waals surface area contributed by atoms with Gasteiger partial charge in [0, 0.05) is 37.3 Å². The van der Waals surface area contributed by atoms with Crippen LogP contribution in [0.15, 0.2) is 48.8 Å². The molecule has 0 unspecified atom stereocenters. The van der Waals surface area contributed by atoms with Crippen molar-refractivity contribution in [2.45, 2.75) is 38.6 Å². The molecule has 0 spiro atoms. The Balaban J connectivity index is 1.35. The van der Waals surface area contributed by atoms with Crippen LogP contribution in [0.4, 0.5) is 4.39 Å². The van der Waals surface area contributed by atoms with Crippen LogP contribution in [0.1, 0.15) is 36.8 Å². The number of hydrogen-bond acceptors (Lipinski definition) is 3. The molecule has 0 atom stereocenters. The number of hydrogen-bond donors (Lipinski definition) is 2. The van der Waals surface area contributed by atoms with E-state index in [9.17, 15) is 14.0 Å². The number of aromatic nitrogens is 1. The van der Waals surface area contributed by atoms with Crippen LogP contribution in [-0.4, -0.2) is 23.3 Å². The minimum Gasteiger partial charge on any atom is -0.356 e. The van der Waals surface area contributed by atoms with E-state index in [1.54, 1.807) is 24.5 Å². The maximum Gasteiger partial charge on any atom is 0.223 e. The molecule has 0 radical (unpaired) electrons. The van der Waals surface area contributed by atoms with Gasteiger partial charge >= 0.3 is 0 Å². The molecule has 5 nitrogen and oxygen atoms in total. The monoisotopic (exact) mass is 383 g/mol. The van der Waals surface area contributed by atoms with E-state index < -0.39 is 0 Å². The highest BCUT2D eigenvalue weighted by molar-refractivity contribution is 5.81. The van der Waals surface area contributed by atoms with E-state index in [1.165, 1.54) is 12.1 Å². The van der Waals surface area contributed by atoms with Crippen LogP contribution in [0.25, 0.3) is 0 Å². The summed E-state index contributed by atoms with van der Waals surface area (Å²) in [4.78, 5) is 28.7. The Morgan fingerprint density at radius 1 is 0.929 bits per heavy atom. The number of halogens is 1. The third-order valence-corrected chi connectivity index (χ3v) is 5.28. The zero-order chi connectivity index (χ0) is 19.8. The third kappa shape index (κ3) is 5.87. The number of amides is 2. The zero-order valence-corrected chi connectivity index (χ0v) is 15.9. The molecule has 1 saturated carbocycles. The van der Waals surface area contributed by atoms with Gasteiger partial charge in [0.15, 0.2) is 0 Å². The number of nitrogens with one attached hydrogen (secondary N) is 2. The SMILES string of the molecule is O=C(NCCc1ccc(F)cc1)C1CCC(C(=O)NCc2cccnc2)CC1. The van der Waals surface area contributed by atoms with Gasteiger partial charge in [0.2, 0.25) is 11.8 Å². The maximum absolute atomic E-state index is 12.9. The summed E-state index contributed by atoms with van der Waals surface area (Å²) in [6.07, 6.45) is 7.05. The molecule has 1 aliphatic carbocycles. The molecule has 1 fully saturated rings. The van der Waals surface area contributed by atoms with Crippen LogP contribution in [-0.2, 0) is 22.6 Å². The fraction of sp³-hybridized carbons (Fsp3) is 0.409. The molecule has 148 valence electrons. The number of rotatable bonds is 7. The van der Waals surface area contributed by atoms with Crippen molar-refractivity contribution in [1.29, 1.82) is 0 Å². The summed E-state index contributed by atoms with van der Waals surface area (Å²) < 4.78 is 12.9. The number of carbonyl (C=O) groups is 2. The van der Waals surface area contributed by atoms with Gasteiger partial charge in [-0.1, -0.05) is 18.2 Å². The first kappa shape index (κ1) is 20.0. The lowest BCUT2D eigenvalue weighted by Crippen LogP contribution is -2.37. The van der Waals surface area contributed by atoms with Gasteiger partial charge in [-0.3, -0.25) is 14.6 Å². The Morgan fingerprint density at radius 3 is 2.18 bits per heavy atom. The Kier molecular flexibility index (Phi) is 7.12. The fourth-order valence-corrected chi connectivity index (χ4v) is 3.58. The first-order valence-corrected chi connectivity index (χ1v) is 9.80. The van der Waals surface area contributed by atoms with E-state index >= 15 is 0 Å². The van der Waals surface area contributed by atoms with Crippen molar-refractivity contribution >= 4 is 11.8 Å². The van der Waals surface area contributed by atoms with Gasteiger partial charge < -0.3 is 10.6 Å². The molecule has 2 aromatic rings. The Bertz CT molecular complexity index is 772. The second-order valence-electron chi connectivity index (χ2n) is 7.30. The molecule has 2 N–H and O–H groups in total. The summed E-state index contributed by atoms with van der Waals surface area (Å²) in [5, 5.41) is 5.93. The second kappa shape index (κ2) is 9.97. The molecular formula is C22H26FN3O2. The second-order valence-corrected chi connectivity index (χ2v) is 7.30. The lowest BCUT2D eigenvalue weighted by molar-refractivity contribution is -0.130. The van der Waals surface area contributed by atoms with Gasteiger partial charge in [0.05, 0.1) is 0 Å². The highest BCUT2D eigenvalue weighted by Gasteiger charge is 2.29.